The Morgan fingerprint density at radius 3 is 2.45 bits per heavy atom. The molecule has 0 fully saturated rings. The molecule has 6 nitrogen and oxygen atoms in total. The first-order valence-electron chi connectivity index (χ1n) is 6.35. The molecule has 2 aromatic carbocycles. The fourth-order valence-electron chi connectivity index (χ4n) is 1.92. The summed E-state index contributed by atoms with van der Waals surface area (Å²) in [5.74, 6) is -0.542. The van der Waals surface area contributed by atoms with E-state index in [1.54, 1.807) is 24.3 Å². The van der Waals surface area contributed by atoms with E-state index < -0.39 is 10.9 Å². The largest absolute Gasteiger partial charge is 0.497 e. The molecule has 0 heterocycles. The molecule has 1 N–H and O–H groups in total. The first kappa shape index (κ1) is 15.2. The number of ether oxygens (including phenoxy) is 1. The number of carbonyl (C=O) groups is 1. The van der Waals surface area contributed by atoms with E-state index in [0.717, 1.165) is 0 Å². The highest BCUT2D eigenvalue weighted by Gasteiger charge is 2.12. The highest BCUT2D eigenvalue weighted by molar-refractivity contribution is 6.20. The summed E-state index contributed by atoms with van der Waals surface area (Å²) in [6.45, 7) is 0. The molecule has 0 saturated heterocycles. The number of aliphatic carboxylic acids is 1. The average molecular weight is 299 g/mol. The number of nitro benzene ring substituents is 1. The number of carboxylic acids is 1. The minimum absolute atomic E-state index is 0.0459. The van der Waals surface area contributed by atoms with Gasteiger partial charge in [-0.05, 0) is 41.5 Å². The molecule has 0 aliphatic rings. The zero-order valence-corrected chi connectivity index (χ0v) is 11.7. The van der Waals surface area contributed by atoms with Gasteiger partial charge in [-0.15, -0.1) is 0 Å². The van der Waals surface area contributed by atoms with Crippen molar-refractivity contribution in [3.63, 3.8) is 0 Å². The number of hydrogen-bond donors (Lipinski definition) is 1. The highest BCUT2D eigenvalue weighted by atomic mass is 16.6. The zero-order chi connectivity index (χ0) is 16.1. The van der Waals surface area contributed by atoms with Gasteiger partial charge in [0.1, 0.15) is 5.75 Å². The predicted molar refractivity (Wildman–Crippen MR) is 81.6 cm³/mol. The molecule has 0 aliphatic carbocycles. The van der Waals surface area contributed by atoms with Gasteiger partial charge in [-0.3, -0.25) is 10.1 Å². The average Bonchev–Trinajstić information content (AvgIpc) is 2.52. The van der Waals surface area contributed by atoms with E-state index in [9.17, 15) is 20.0 Å². The normalized spacial score (nSPS) is 11.0. The van der Waals surface area contributed by atoms with Gasteiger partial charge in [0.15, 0.2) is 0 Å². The quantitative estimate of drug-likeness (QED) is 0.396. The van der Waals surface area contributed by atoms with Crippen LogP contribution < -0.4 is 4.74 Å². The second-order valence-corrected chi connectivity index (χ2v) is 4.44. The van der Waals surface area contributed by atoms with E-state index in [0.29, 0.717) is 16.9 Å². The Morgan fingerprint density at radius 2 is 1.91 bits per heavy atom. The number of non-ortho nitro benzene ring substituents is 1. The molecule has 0 spiro atoms. The van der Waals surface area contributed by atoms with E-state index >= 15 is 0 Å². The fraction of sp³-hybridized carbons (Fsp3) is 0.0625. The lowest BCUT2D eigenvalue weighted by Gasteiger charge is -2.06. The second-order valence-electron chi connectivity index (χ2n) is 4.44. The van der Waals surface area contributed by atoms with Gasteiger partial charge in [0.2, 0.25) is 0 Å². The summed E-state index contributed by atoms with van der Waals surface area (Å²) < 4.78 is 5.08. The summed E-state index contributed by atoms with van der Waals surface area (Å²) in [4.78, 5) is 21.6. The minimum Gasteiger partial charge on any atom is -0.497 e. The van der Waals surface area contributed by atoms with Crippen LogP contribution in [0.2, 0.25) is 0 Å². The molecule has 0 atom stereocenters. The van der Waals surface area contributed by atoms with Crippen LogP contribution in [0.25, 0.3) is 11.6 Å². The van der Waals surface area contributed by atoms with Gasteiger partial charge in [0.25, 0.3) is 5.69 Å². The van der Waals surface area contributed by atoms with E-state index in [4.69, 9.17) is 4.74 Å². The van der Waals surface area contributed by atoms with Crippen molar-refractivity contribution < 1.29 is 19.6 Å². The minimum atomic E-state index is -1.09. The first-order valence-corrected chi connectivity index (χ1v) is 6.35. The Labute approximate surface area is 126 Å². The highest BCUT2D eigenvalue weighted by Crippen LogP contribution is 2.23. The van der Waals surface area contributed by atoms with Gasteiger partial charge in [-0.2, -0.15) is 0 Å². The maximum Gasteiger partial charge on any atom is 0.336 e. The number of nitro groups is 1. The van der Waals surface area contributed by atoms with Gasteiger partial charge in [0, 0.05) is 12.1 Å². The molecule has 0 saturated carbocycles. The molecule has 0 radical (unpaired) electrons. The molecule has 2 aromatic rings. The van der Waals surface area contributed by atoms with Gasteiger partial charge in [-0.1, -0.05) is 12.1 Å². The number of hydrogen-bond acceptors (Lipinski definition) is 4. The number of nitrogens with zero attached hydrogens (tertiary/aromatic N) is 1. The molecule has 6 heteroatoms. The van der Waals surface area contributed by atoms with Crippen LogP contribution in [-0.4, -0.2) is 23.1 Å². The smallest absolute Gasteiger partial charge is 0.336 e. The molecule has 0 bridgehead atoms. The third-order valence-electron chi connectivity index (χ3n) is 3.03. The molecular weight excluding hydrogens is 286 g/mol. The van der Waals surface area contributed by atoms with Crippen LogP contribution in [-0.2, 0) is 4.79 Å². The summed E-state index contributed by atoms with van der Waals surface area (Å²) in [6, 6.07) is 12.4. The van der Waals surface area contributed by atoms with Gasteiger partial charge in [-0.25, -0.2) is 4.79 Å². The standard InChI is InChI=1S/C16H13NO5/c1-22-14-4-2-3-12(10-14)15(16(18)19)9-11-5-7-13(8-6-11)17(20)21/h2-10H,1H3,(H,18,19)/b15-9-. The number of rotatable bonds is 5. The molecule has 0 amide bonds. The van der Waals surface area contributed by atoms with Gasteiger partial charge in [0.05, 0.1) is 17.6 Å². The van der Waals surface area contributed by atoms with Crippen LogP contribution in [0, 0.1) is 10.1 Å². The van der Waals surface area contributed by atoms with E-state index in [-0.39, 0.29) is 11.3 Å². The van der Waals surface area contributed by atoms with Crippen molar-refractivity contribution in [1.29, 1.82) is 0 Å². The van der Waals surface area contributed by atoms with Crippen molar-refractivity contribution in [2.45, 2.75) is 0 Å². The van der Waals surface area contributed by atoms with Gasteiger partial charge < -0.3 is 9.84 Å². The lowest BCUT2D eigenvalue weighted by atomic mass is 10.0. The van der Waals surface area contributed by atoms with Crippen LogP contribution >= 0.6 is 0 Å². The van der Waals surface area contributed by atoms with E-state index in [1.807, 2.05) is 0 Å². The maximum absolute atomic E-state index is 11.5. The molecular formula is C16H13NO5. The lowest BCUT2D eigenvalue weighted by Crippen LogP contribution is -2.00. The van der Waals surface area contributed by atoms with Crippen molar-refractivity contribution in [2.75, 3.05) is 7.11 Å². The predicted octanol–water partition coefficient (Wildman–Crippen LogP) is 3.23. The monoisotopic (exact) mass is 299 g/mol. The molecule has 0 aromatic heterocycles. The Morgan fingerprint density at radius 1 is 1.23 bits per heavy atom. The SMILES string of the molecule is COc1cccc(/C(=C/c2ccc([N+](=O)[O-])cc2)C(=O)O)c1. The van der Waals surface area contributed by atoms with Crippen LogP contribution in [0.4, 0.5) is 5.69 Å². The zero-order valence-electron chi connectivity index (χ0n) is 11.7. The molecule has 112 valence electrons. The van der Waals surface area contributed by atoms with Crippen molar-refractivity contribution >= 4 is 23.3 Å². The van der Waals surface area contributed by atoms with Crippen molar-refractivity contribution in [3.05, 3.63) is 69.8 Å². The van der Waals surface area contributed by atoms with Crippen molar-refractivity contribution in [2.24, 2.45) is 0 Å². The Bertz CT molecular complexity index is 734. The fourth-order valence-corrected chi connectivity index (χ4v) is 1.92. The van der Waals surface area contributed by atoms with Crippen LogP contribution in [0.1, 0.15) is 11.1 Å². The molecule has 22 heavy (non-hydrogen) atoms. The second kappa shape index (κ2) is 6.53. The summed E-state index contributed by atoms with van der Waals surface area (Å²) in [5.41, 5.74) is 1.08. The number of benzene rings is 2. The summed E-state index contributed by atoms with van der Waals surface area (Å²) in [5, 5.41) is 20.0. The summed E-state index contributed by atoms with van der Waals surface area (Å²) in [7, 11) is 1.50. The molecule has 2 rings (SSSR count). The third kappa shape index (κ3) is 3.49. The number of carboxylic acid groups (broad SMARTS) is 1. The van der Waals surface area contributed by atoms with Gasteiger partial charge >= 0.3 is 5.97 Å². The van der Waals surface area contributed by atoms with Crippen LogP contribution in [0.5, 0.6) is 5.75 Å². The molecule has 0 unspecified atom stereocenters. The maximum atomic E-state index is 11.5. The van der Waals surface area contributed by atoms with Crippen molar-refractivity contribution in [1.82, 2.24) is 0 Å². The van der Waals surface area contributed by atoms with Crippen LogP contribution in [0.3, 0.4) is 0 Å². The number of methoxy groups -OCH3 is 1. The van der Waals surface area contributed by atoms with Crippen LogP contribution in [0.15, 0.2) is 48.5 Å². The Kier molecular flexibility index (Phi) is 4.53. The first-order chi connectivity index (χ1) is 10.5. The van der Waals surface area contributed by atoms with E-state index in [2.05, 4.69) is 0 Å². The summed E-state index contributed by atoms with van der Waals surface area (Å²) >= 11 is 0. The summed E-state index contributed by atoms with van der Waals surface area (Å²) in [6.07, 6.45) is 1.46. The topological polar surface area (TPSA) is 89.7 Å². The van der Waals surface area contributed by atoms with Crippen molar-refractivity contribution in [3.8, 4) is 5.75 Å². The Balaban J connectivity index is 2.42. The lowest BCUT2D eigenvalue weighted by molar-refractivity contribution is -0.384. The molecule has 0 aliphatic heterocycles. The van der Waals surface area contributed by atoms with E-state index in [1.165, 1.54) is 37.5 Å². The Hall–Kier alpha value is -3.15. The third-order valence-corrected chi connectivity index (χ3v) is 3.03.